The second-order valence-corrected chi connectivity index (χ2v) is 8.03. The van der Waals surface area contributed by atoms with Gasteiger partial charge in [-0.2, -0.15) is 0 Å². The molecule has 1 nitrogen and oxygen atoms in total. The first kappa shape index (κ1) is 16.8. The fourth-order valence-electron chi connectivity index (χ4n) is 2.99. The van der Waals surface area contributed by atoms with Crippen LogP contribution in [0, 0.1) is 0 Å². The molecule has 0 N–H and O–H groups in total. The van der Waals surface area contributed by atoms with E-state index in [1.54, 1.807) is 0 Å². The Labute approximate surface area is 138 Å². The van der Waals surface area contributed by atoms with Gasteiger partial charge in [-0.05, 0) is 33.6 Å². The molecule has 0 heterocycles. The van der Waals surface area contributed by atoms with Gasteiger partial charge in [0.15, 0.2) is 0 Å². The fraction of sp³-hybridized carbons (Fsp3) is 0.400. The van der Waals surface area contributed by atoms with Crippen molar-refractivity contribution in [3.05, 3.63) is 53.6 Å². The average molecular weight is 310 g/mol. The molecule has 0 aliphatic rings. The Morgan fingerprint density at radius 3 is 1.86 bits per heavy atom. The second-order valence-electron chi connectivity index (χ2n) is 7.83. The zero-order chi connectivity index (χ0) is 16.5. The molecule has 0 amide bonds. The molecular formula is C20H25OSi. The SMILES string of the molecule is CC(C)(C)c1cccc(-c2ccccc2O[Si])c1C(C)(C)C. The summed E-state index contributed by atoms with van der Waals surface area (Å²) in [5.74, 6) is 0.843. The lowest BCUT2D eigenvalue weighted by molar-refractivity contribution is 0.531. The maximum atomic E-state index is 5.40. The Kier molecular flexibility index (Phi) is 4.53. The monoisotopic (exact) mass is 309 g/mol. The van der Waals surface area contributed by atoms with E-state index in [0.29, 0.717) is 0 Å². The van der Waals surface area contributed by atoms with Gasteiger partial charge in [-0.3, -0.25) is 0 Å². The van der Waals surface area contributed by atoms with Crippen LogP contribution in [0.15, 0.2) is 42.5 Å². The van der Waals surface area contributed by atoms with E-state index in [1.807, 2.05) is 12.1 Å². The molecule has 115 valence electrons. The second kappa shape index (κ2) is 5.92. The summed E-state index contributed by atoms with van der Waals surface area (Å²) in [6, 6.07) is 14.7. The molecule has 2 heteroatoms. The van der Waals surface area contributed by atoms with Crippen LogP contribution in [-0.2, 0) is 10.8 Å². The van der Waals surface area contributed by atoms with Crippen LogP contribution in [0.3, 0.4) is 0 Å². The molecule has 22 heavy (non-hydrogen) atoms. The number of rotatable bonds is 2. The Hall–Kier alpha value is -1.54. The van der Waals surface area contributed by atoms with E-state index in [0.717, 1.165) is 11.3 Å². The molecule has 0 spiro atoms. The molecule has 2 aromatic carbocycles. The van der Waals surface area contributed by atoms with Gasteiger partial charge < -0.3 is 4.43 Å². The number of hydrogen-bond acceptors (Lipinski definition) is 1. The van der Waals surface area contributed by atoms with Gasteiger partial charge in [0.2, 0.25) is 0 Å². The predicted octanol–water partition coefficient (Wildman–Crippen LogP) is 5.41. The molecule has 0 unspecified atom stereocenters. The van der Waals surface area contributed by atoms with Crippen molar-refractivity contribution in [1.29, 1.82) is 0 Å². The van der Waals surface area contributed by atoms with Gasteiger partial charge >= 0.3 is 10.5 Å². The van der Waals surface area contributed by atoms with Gasteiger partial charge in [-0.15, -0.1) is 0 Å². The highest BCUT2D eigenvalue weighted by molar-refractivity contribution is 6.00. The van der Waals surface area contributed by atoms with E-state index in [2.05, 4.69) is 82.4 Å². The Morgan fingerprint density at radius 2 is 1.32 bits per heavy atom. The molecule has 0 bridgehead atoms. The zero-order valence-corrected chi connectivity index (χ0v) is 15.4. The largest absolute Gasteiger partial charge is 0.540 e. The van der Waals surface area contributed by atoms with Gasteiger partial charge in [0.1, 0.15) is 5.75 Å². The van der Waals surface area contributed by atoms with Crippen LogP contribution in [0.2, 0.25) is 0 Å². The summed E-state index contributed by atoms with van der Waals surface area (Å²) in [6.07, 6.45) is 0. The minimum atomic E-state index is 0.0536. The summed E-state index contributed by atoms with van der Waals surface area (Å²) in [5.41, 5.74) is 5.29. The molecular weight excluding hydrogens is 284 g/mol. The number of para-hydroxylation sites is 1. The lowest BCUT2D eigenvalue weighted by Gasteiger charge is -2.32. The van der Waals surface area contributed by atoms with Crippen molar-refractivity contribution in [2.45, 2.75) is 52.4 Å². The van der Waals surface area contributed by atoms with E-state index in [-0.39, 0.29) is 10.8 Å². The third kappa shape index (κ3) is 3.27. The van der Waals surface area contributed by atoms with Crippen LogP contribution in [0.1, 0.15) is 52.7 Å². The molecule has 2 rings (SSSR count). The van der Waals surface area contributed by atoms with Crippen LogP contribution in [0.25, 0.3) is 11.1 Å². The van der Waals surface area contributed by atoms with Crippen LogP contribution in [0.5, 0.6) is 5.75 Å². The predicted molar refractivity (Wildman–Crippen MR) is 95.7 cm³/mol. The third-order valence-corrected chi connectivity index (χ3v) is 4.13. The third-order valence-electron chi connectivity index (χ3n) is 3.91. The Bertz CT molecular complexity index is 660. The van der Waals surface area contributed by atoms with Crippen molar-refractivity contribution >= 4 is 10.5 Å². The minimum absolute atomic E-state index is 0.0536. The van der Waals surface area contributed by atoms with Crippen molar-refractivity contribution < 1.29 is 4.43 Å². The standard InChI is InChI=1S/C20H25OSi/c1-19(2,3)16-12-9-11-15(18(16)20(4,5)6)14-10-7-8-13-17(14)21-22/h7-13H,1-6H3. The van der Waals surface area contributed by atoms with Gasteiger partial charge in [0.25, 0.3) is 0 Å². The average Bonchev–Trinajstić information content (AvgIpc) is 2.44. The first-order valence-corrected chi connectivity index (χ1v) is 8.14. The lowest BCUT2D eigenvalue weighted by atomic mass is 9.72. The molecule has 0 aromatic heterocycles. The summed E-state index contributed by atoms with van der Waals surface area (Å²) < 4.78 is 5.40. The normalized spacial score (nSPS) is 12.3. The van der Waals surface area contributed by atoms with Crippen molar-refractivity contribution in [2.75, 3.05) is 0 Å². The molecule has 2 aromatic rings. The summed E-state index contributed by atoms with van der Waals surface area (Å²) >= 11 is 0. The fourth-order valence-corrected chi connectivity index (χ4v) is 3.17. The van der Waals surface area contributed by atoms with E-state index >= 15 is 0 Å². The maximum Gasteiger partial charge on any atom is 0.341 e. The summed E-state index contributed by atoms with van der Waals surface area (Å²) in [5, 5.41) is 0. The summed E-state index contributed by atoms with van der Waals surface area (Å²) in [4.78, 5) is 0. The Balaban J connectivity index is 2.83. The van der Waals surface area contributed by atoms with E-state index < -0.39 is 0 Å². The summed E-state index contributed by atoms with van der Waals surface area (Å²) in [6.45, 7) is 13.6. The van der Waals surface area contributed by atoms with Crippen molar-refractivity contribution in [3.8, 4) is 16.9 Å². The molecule has 0 atom stereocenters. The summed E-state index contributed by atoms with van der Waals surface area (Å²) in [7, 11) is 3.19. The molecule has 3 radical (unpaired) electrons. The maximum absolute atomic E-state index is 5.40. The van der Waals surface area contributed by atoms with Gasteiger partial charge in [0, 0.05) is 5.56 Å². The molecule has 0 fully saturated rings. The van der Waals surface area contributed by atoms with Gasteiger partial charge in [-0.25, -0.2) is 0 Å². The highest BCUT2D eigenvalue weighted by atomic mass is 28.2. The van der Waals surface area contributed by atoms with Gasteiger partial charge in [-0.1, -0.05) is 77.9 Å². The van der Waals surface area contributed by atoms with Crippen molar-refractivity contribution in [3.63, 3.8) is 0 Å². The van der Waals surface area contributed by atoms with Crippen LogP contribution in [0.4, 0.5) is 0 Å². The lowest BCUT2D eigenvalue weighted by Crippen LogP contribution is -2.23. The first-order valence-electron chi connectivity index (χ1n) is 7.73. The highest BCUT2D eigenvalue weighted by Gasteiger charge is 2.28. The first-order chi connectivity index (χ1) is 10.2. The number of hydrogen-bond donors (Lipinski definition) is 0. The molecule has 0 saturated carbocycles. The van der Waals surface area contributed by atoms with Crippen LogP contribution < -0.4 is 4.43 Å². The number of benzene rings is 2. The molecule has 0 aliphatic heterocycles. The van der Waals surface area contributed by atoms with Gasteiger partial charge in [0.05, 0.1) is 0 Å². The van der Waals surface area contributed by atoms with Crippen molar-refractivity contribution in [1.82, 2.24) is 0 Å². The zero-order valence-electron chi connectivity index (χ0n) is 14.4. The Morgan fingerprint density at radius 1 is 0.727 bits per heavy atom. The van der Waals surface area contributed by atoms with Crippen molar-refractivity contribution in [2.24, 2.45) is 0 Å². The van der Waals surface area contributed by atoms with E-state index in [1.165, 1.54) is 16.7 Å². The smallest absolute Gasteiger partial charge is 0.341 e. The molecule has 0 saturated heterocycles. The van der Waals surface area contributed by atoms with Crippen LogP contribution >= 0.6 is 0 Å². The van der Waals surface area contributed by atoms with Crippen LogP contribution in [-0.4, -0.2) is 10.5 Å². The van der Waals surface area contributed by atoms with E-state index in [9.17, 15) is 0 Å². The highest BCUT2D eigenvalue weighted by Crippen LogP contribution is 2.42. The minimum Gasteiger partial charge on any atom is -0.540 e. The quantitative estimate of drug-likeness (QED) is 0.674. The topological polar surface area (TPSA) is 9.23 Å². The molecule has 0 aliphatic carbocycles. The van der Waals surface area contributed by atoms with E-state index in [4.69, 9.17) is 4.43 Å².